The van der Waals surface area contributed by atoms with Gasteiger partial charge in [-0.25, -0.2) is 0 Å². The van der Waals surface area contributed by atoms with Gasteiger partial charge in [0, 0.05) is 12.1 Å². The Morgan fingerprint density at radius 3 is 2.46 bits per heavy atom. The molecule has 2 saturated heterocycles. The Hall–Kier alpha value is -2.66. The van der Waals surface area contributed by atoms with Crippen LogP contribution in [0.1, 0.15) is 24.3 Å². The van der Waals surface area contributed by atoms with E-state index in [0.717, 1.165) is 55.2 Å². The predicted octanol–water partition coefficient (Wildman–Crippen LogP) is 3.66. The largest absolute Gasteiger partial charge is 0.489 e. The maximum Gasteiger partial charge on any atom is 0.234 e. The Morgan fingerprint density at radius 1 is 1.00 bits per heavy atom. The highest BCUT2D eigenvalue weighted by Gasteiger charge is 2.48. The Labute approximate surface area is 152 Å². The number of ether oxygens (including phenoxy) is 1. The van der Waals surface area contributed by atoms with Crippen molar-refractivity contribution >= 4 is 0 Å². The highest BCUT2D eigenvalue weighted by molar-refractivity contribution is 5.54. The molecule has 3 heterocycles. The first kappa shape index (κ1) is 15.6. The molecule has 2 fully saturated rings. The Balaban J connectivity index is 1.29. The molecule has 0 atom stereocenters. The van der Waals surface area contributed by atoms with Crippen molar-refractivity contribution in [2.45, 2.75) is 24.9 Å². The van der Waals surface area contributed by atoms with Crippen molar-refractivity contribution < 1.29 is 9.26 Å². The summed E-state index contributed by atoms with van der Waals surface area (Å²) in [5.74, 6) is 2.36. The van der Waals surface area contributed by atoms with Gasteiger partial charge in [0.1, 0.15) is 12.4 Å². The number of rotatable bonds is 5. The zero-order valence-corrected chi connectivity index (χ0v) is 14.6. The molecule has 2 aliphatic rings. The van der Waals surface area contributed by atoms with E-state index < -0.39 is 0 Å². The van der Waals surface area contributed by atoms with Crippen molar-refractivity contribution in [3.8, 4) is 17.1 Å². The van der Waals surface area contributed by atoms with Gasteiger partial charge in [0.25, 0.3) is 0 Å². The Morgan fingerprint density at radius 2 is 1.77 bits per heavy atom. The third-order valence-electron chi connectivity index (χ3n) is 5.58. The Kier molecular flexibility index (Phi) is 3.75. The summed E-state index contributed by atoms with van der Waals surface area (Å²) >= 11 is 0. The van der Waals surface area contributed by atoms with Crippen LogP contribution < -0.4 is 4.74 Å². The minimum absolute atomic E-state index is 0.0920. The van der Waals surface area contributed by atoms with Crippen molar-refractivity contribution in [2.24, 2.45) is 0 Å². The van der Waals surface area contributed by atoms with Crippen LogP contribution in [0.4, 0.5) is 0 Å². The topological polar surface area (TPSA) is 51.4 Å². The highest BCUT2D eigenvalue weighted by Crippen LogP contribution is 2.42. The molecular formula is C21H21N3O2. The summed E-state index contributed by atoms with van der Waals surface area (Å²) in [6, 6.07) is 18.0. The first-order valence-corrected chi connectivity index (χ1v) is 9.15. The van der Waals surface area contributed by atoms with Gasteiger partial charge in [-0.1, -0.05) is 47.6 Å². The first-order chi connectivity index (χ1) is 12.8. The lowest BCUT2D eigenvalue weighted by Crippen LogP contribution is -2.24. The second-order valence-corrected chi connectivity index (χ2v) is 7.28. The van der Waals surface area contributed by atoms with Crippen LogP contribution in [0.25, 0.3) is 11.4 Å². The van der Waals surface area contributed by atoms with Crippen LogP contribution in [0.3, 0.4) is 0 Å². The van der Waals surface area contributed by atoms with Crippen LogP contribution in [0, 0.1) is 0 Å². The number of aromatic nitrogens is 2. The summed E-state index contributed by atoms with van der Waals surface area (Å²) in [5, 5.41) is 4.23. The fourth-order valence-corrected chi connectivity index (χ4v) is 4.00. The smallest absolute Gasteiger partial charge is 0.234 e. The fraction of sp³-hybridized carbons (Fsp3) is 0.333. The third-order valence-corrected chi connectivity index (χ3v) is 5.58. The number of hydrogen-bond donors (Lipinski definition) is 0. The number of fused-ring (bicyclic) bond motifs is 2. The molecule has 26 heavy (non-hydrogen) atoms. The van der Waals surface area contributed by atoms with E-state index in [2.05, 4.69) is 22.2 Å². The molecule has 1 aromatic heterocycles. The summed E-state index contributed by atoms with van der Waals surface area (Å²) in [4.78, 5) is 7.20. The van der Waals surface area contributed by atoms with Crippen LogP contribution in [0.5, 0.6) is 5.75 Å². The molecule has 0 spiro atoms. The molecule has 0 amide bonds. The van der Waals surface area contributed by atoms with Gasteiger partial charge in [-0.05, 0) is 43.6 Å². The minimum Gasteiger partial charge on any atom is -0.489 e. The van der Waals surface area contributed by atoms with Gasteiger partial charge >= 0.3 is 0 Å². The van der Waals surface area contributed by atoms with Gasteiger partial charge in [-0.2, -0.15) is 4.98 Å². The molecule has 3 aromatic rings. The van der Waals surface area contributed by atoms with Crippen LogP contribution >= 0.6 is 0 Å². The fourth-order valence-electron chi connectivity index (χ4n) is 4.00. The van der Waals surface area contributed by atoms with Crippen LogP contribution in [-0.2, 0) is 12.0 Å². The van der Waals surface area contributed by atoms with E-state index in [1.165, 1.54) is 0 Å². The lowest BCUT2D eigenvalue weighted by molar-refractivity contribution is 0.292. The van der Waals surface area contributed by atoms with Gasteiger partial charge < -0.3 is 14.2 Å². The molecule has 5 heteroatoms. The highest BCUT2D eigenvalue weighted by atomic mass is 16.5. The number of nitrogens with zero attached hydrogens (tertiary/aromatic N) is 3. The first-order valence-electron chi connectivity index (χ1n) is 9.15. The van der Waals surface area contributed by atoms with Crippen molar-refractivity contribution in [2.75, 3.05) is 19.6 Å². The number of para-hydroxylation sites is 1. The second kappa shape index (κ2) is 6.25. The van der Waals surface area contributed by atoms with E-state index in [9.17, 15) is 0 Å². The van der Waals surface area contributed by atoms with Crippen LogP contribution in [0.2, 0.25) is 0 Å². The molecule has 5 rings (SSSR count). The second-order valence-electron chi connectivity index (χ2n) is 7.28. The standard InChI is InChI=1S/C21H21N3O2/c1-2-4-18(5-3-1)25-14-16-6-8-17(9-7-16)19-22-20(26-23-19)21-10-12-24(15-21)13-11-21/h1-9H,10-15H2. The van der Waals surface area contributed by atoms with Gasteiger partial charge in [0.05, 0.1) is 5.41 Å². The van der Waals surface area contributed by atoms with E-state index in [4.69, 9.17) is 14.2 Å². The molecule has 0 radical (unpaired) electrons. The van der Waals surface area contributed by atoms with E-state index in [-0.39, 0.29) is 5.41 Å². The van der Waals surface area contributed by atoms with E-state index in [1.807, 2.05) is 42.5 Å². The zero-order valence-electron chi connectivity index (χ0n) is 14.6. The normalized spacial score (nSPS) is 24.1. The molecule has 2 bridgehead atoms. The van der Waals surface area contributed by atoms with E-state index >= 15 is 0 Å². The summed E-state index contributed by atoms with van der Waals surface area (Å²) in [6.07, 6.45) is 2.26. The summed E-state index contributed by atoms with van der Waals surface area (Å²) in [7, 11) is 0. The number of piperidine rings is 1. The van der Waals surface area contributed by atoms with Crippen molar-refractivity contribution in [1.29, 1.82) is 0 Å². The maximum atomic E-state index is 5.79. The molecule has 0 saturated carbocycles. The molecule has 2 aromatic carbocycles. The minimum atomic E-state index is 0.0920. The monoisotopic (exact) mass is 347 g/mol. The number of benzene rings is 2. The molecule has 0 aliphatic carbocycles. The van der Waals surface area contributed by atoms with Crippen molar-refractivity contribution in [1.82, 2.24) is 15.0 Å². The number of hydrogen-bond acceptors (Lipinski definition) is 5. The third kappa shape index (κ3) is 2.78. The molecule has 2 aliphatic heterocycles. The van der Waals surface area contributed by atoms with Crippen molar-refractivity contribution in [3.05, 3.63) is 66.1 Å². The SMILES string of the molecule is c1ccc(OCc2ccc(-c3noc(C45CCN(CC4)C5)n3)cc2)cc1. The lowest BCUT2D eigenvalue weighted by atomic mass is 9.84. The average molecular weight is 347 g/mol. The summed E-state index contributed by atoms with van der Waals surface area (Å²) in [5.41, 5.74) is 2.18. The van der Waals surface area contributed by atoms with Gasteiger partial charge in [-0.3, -0.25) is 0 Å². The van der Waals surface area contributed by atoms with E-state index in [0.29, 0.717) is 12.4 Å². The maximum absolute atomic E-state index is 5.79. The summed E-state index contributed by atoms with van der Waals surface area (Å²) in [6.45, 7) is 3.90. The van der Waals surface area contributed by atoms with Crippen LogP contribution in [-0.4, -0.2) is 34.7 Å². The summed E-state index contributed by atoms with van der Waals surface area (Å²) < 4.78 is 11.4. The quantitative estimate of drug-likeness (QED) is 0.705. The molecule has 5 nitrogen and oxygen atoms in total. The average Bonchev–Trinajstić information content (AvgIpc) is 3.44. The van der Waals surface area contributed by atoms with Gasteiger partial charge in [-0.15, -0.1) is 0 Å². The van der Waals surface area contributed by atoms with Crippen molar-refractivity contribution in [3.63, 3.8) is 0 Å². The molecule has 0 unspecified atom stereocenters. The molecule has 0 N–H and O–H groups in total. The van der Waals surface area contributed by atoms with Crippen LogP contribution in [0.15, 0.2) is 59.1 Å². The molecule has 132 valence electrons. The lowest BCUT2D eigenvalue weighted by Gasteiger charge is -2.19. The molecular weight excluding hydrogens is 326 g/mol. The predicted molar refractivity (Wildman–Crippen MR) is 97.9 cm³/mol. The van der Waals surface area contributed by atoms with Gasteiger partial charge in [0.2, 0.25) is 11.7 Å². The zero-order chi connectivity index (χ0) is 17.4. The van der Waals surface area contributed by atoms with Gasteiger partial charge in [0.15, 0.2) is 0 Å². The van der Waals surface area contributed by atoms with E-state index in [1.54, 1.807) is 0 Å². The Bertz CT molecular complexity index is 881.